The van der Waals surface area contributed by atoms with Crippen LogP contribution in [0.15, 0.2) is 24.3 Å². The van der Waals surface area contributed by atoms with Crippen LogP contribution in [0.1, 0.15) is 13.3 Å². The van der Waals surface area contributed by atoms with Crippen LogP contribution in [-0.4, -0.2) is 23.8 Å². The fourth-order valence-electron chi connectivity index (χ4n) is 1.79. The van der Waals surface area contributed by atoms with Crippen LogP contribution in [-0.2, 0) is 14.4 Å². The quantitative estimate of drug-likeness (QED) is 0.600. The zero-order valence-electron chi connectivity index (χ0n) is 10.1. The van der Waals surface area contributed by atoms with Crippen molar-refractivity contribution >= 4 is 23.4 Å². The molecular formula is C12H12FN3O3. The number of rotatable bonds is 3. The van der Waals surface area contributed by atoms with Crippen molar-refractivity contribution in [2.24, 2.45) is 0 Å². The van der Waals surface area contributed by atoms with Gasteiger partial charge in [-0.2, -0.15) is 0 Å². The number of benzene rings is 1. The molecule has 2 rings (SSSR count). The van der Waals surface area contributed by atoms with Gasteiger partial charge in [-0.1, -0.05) is 0 Å². The third-order valence-electron chi connectivity index (χ3n) is 2.65. The van der Waals surface area contributed by atoms with Crippen molar-refractivity contribution in [3.63, 3.8) is 0 Å². The Morgan fingerprint density at radius 1 is 1.32 bits per heavy atom. The summed E-state index contributed by atoms with van der Waals surface area (Å²) in [4.78, 5) is 35.5. The molecule has 0 spiro atoms. The van der Waals surface area contributed by atoms with Gasteiger partial charge in [0, 0.05) is 6.92 Å². The van der Waals surface area contributed by atoms with E-state index in [1.807, 2.05) is 0 Å². The van der Waals surface area contributed by atoms with Gasteiger partial charge in [0.25, 0.3) is 5.91 Å². The predicted octanol–water partition coefficient (Wildman–Crippen LogP) is 0.0983. The molecule has 2 N–H and O–H groups in total. The minimum atomic E-state index is -0.804. The molecule has 7 heteroatoms. The van der Waals surface area contributed by atoms with E-state index < -0.39 is 23.7 Å². The summed E-state index contributed by atoms with van der Waals surface area (Å²) in [6.45, 7) is 1.28. The zero-order chi connectivity index (χ0) is 14.0. The summed E-state index contributed by atoms with van der Waals surface area (Å²) in [5.41, 5.74) is 5.07. The van der Waals surface area contributed by atoms with Crippen LogP contribution in [0, 0.1) is 5.82 Å². The number of nitrogens with one attached hydrogen (secondary N) is 2. The summed E-state index contributed by atoms with van der Waals surface area (Å²) in [7, 11) is 0. The van der Waals surface area contributed by atoms with Gasteiger partial charge >= 0.3 is 0 Å². The van der Waals surface area contributed by atoms with Crippen molar-refractivity contribution in [1.82, 2.24) is 10.9 Å². The number of hydrogen-bond acceptors (Lipinski definition) is 4. The lowest BCUT2D eigenvalue weighted by Gasteiger charge is -2.15. The first kappa shape index (κ1) is 13.2. The summed E-state index contributed by atoms with van der Waals surface area (Å²) in [5, 5.41) is 0. The van der Waals surface area contributed by atoms with Crippen LogP contribution in [0.4, 0.5) is 10.1 Å². The van der Waals surface area contributed by atoms with Gasteiger partial charge in [-0.05, 0) is 24.3 Å². The summed E-state index contributed by atoms with van der Waals surface area (Å²) in [6, 6.07) is 4.24. The Labute approximate surface area is 108 Å². The van der Waals surface area contributed by atoms with Gasteiger partial charge in [0.1, 0.15) is 11.9 Å². The van der Waals surface area contributed by atoms with Crippen LogP contribution < -0.4 is 15.8 Å². The van der Waals surface area contributed by atoms with Gasteiger partial charge in [-0.3, -0.25) is 19.8 Å². The lowest BCUT2D eigenvalue weighted by atomic mass is 10.2. The summed E-state index contributed by atoms with van der Waals surface area (Å²) >= 11 is 0. The molecule has 0 bridgehead atoms. The Morgan fingerprint density at radius 3 is 2.53 bits per heavy atom. The molecule has 0 aromatic heterocycles. The van der Waals surface area contributed by atoms with E-state index in [0.29, 0.717) is 5.69 Å². The van der Waals surface area contributed by atoms with Gasteiger partial charge in [-0.25, -0.2) is 14.7 Å². The summed E-state index contributed by atoms with van der Waals surface area (Å²) < 4.78 is 12.8. The molecule has 0 saturated carbocycles. The van der Waals surface area contributed by atoms with Gasteiger partial charge in [0.15, 0.2) is 0 Å². The van der Waals surface area contributed by atoms with Crippen molar-refractivity contribution in [3.8, 4) is 0 Å². The average molecular weight is 265 g/mol. The van der Waals surface area contributed by atoms with Crippen molar-refractivity contribution < 1.29 is 18.8 Å². The number of anilines is 1. The minimum Gasteiger partial charge on any atom is -0.291 e. The molecule has 1 heterocycles. The SMILES string of the molecule is CC(=O)NNC1CC(=O)N(c2ccc(F)cc2)C1=O. The number of amides is 3. The standard InChI is InChI=1S/C12H12FN3O3/c1-7(17)14-15-10-6-11(18)16(12(10)19)9-4-2-8(13)3-5-9/h2-5,10,15H,6H2,1H3,(H,14,17). The van der Waals surface area contributed by atoms with Crippen LogP contribution in [0.3, 0.4) is 0 Å². The molecule has 1 fully saturated rings. The number of hydrazine groups is 1. The van der Waals surface area contributed by atoms with E-state index in [2.05, 4.69) is 10.9 Å². The Morgan fingerprint density at radius 2 is 1.95 bits per heavy atom. The van der Waals surface area contributed by atoms with Crippen molar-refractivity contribution in [2.45, 2.75) is 19.4 Å². The molecule has 19 heavy (non-hydrogen) atoms. The van der Waals surface area contributed by atoms with E-state index in [1.54, 1.807) is 0 Å². The smallest absolute Gasteiger partial charge is 0.253 e. The van der Waals surface area contributed by atoms with E-state index in [1.165, 1.54) is 31.2 Å². The minimum absolute atomic E-state index is 0.0590. The van der Waals surface area contributed by atoms with E-state index >= 15 is 0 Å². The first-order valence-corrected chi connectivity index (χ1v) is 5.63. The van der Waals surface area contributed by atoms with Crippen molar-refractivity contribution in [3.05, 3.63) is 30.1 Å². The highest BCUT2D eigenvalue weighted by molar-refractivity contribution is 6.22. The monoisotopic (exact) mass is 265 g/mol. The van der Waals surface area contributed by atoms with Gasteiger partial charge < -0.3 is 0 Å². The summed E-state index contributed by atoms with van der Waals surface area (Å²) in [6.07, 6.45) is -0.0590. The van der Waals surface area contributed by atoms with Gasteiger partial charge in [-0.15, -0.1) is 0 Å². The number of hydrogen-bond donors (Lipinski definition) is 2. The van der Waals surface area contributed by atoms with Gasteiger partial charge in [0.05, 0.1) is 12.1 Å². The molecule has 1 aromatic carbocycles. The zero-order valence-corrected chi connectivity index (χ0v) is 10.1. The lowest BCUT2D eigenvalue weighted by molar-refractivity contribution is -0.122. The van der Waals surface area contributed by atoms with Crippen LogP contribution in [0.2, 0.25) is 0 Å². The third-order valence-corrected chi connectivity index (χ3v) is 2.65. The third kappa shape index (κ3) is 2.76. The Bertz CT molecular complexity index is 530. The number of carbonyl (C=O) groups is 3. The highest BCUT2D eigenvalue weighted by Crippen LogP contribution is 2.22. The van der Waals surface area contributed by atoms with E-state index in [0.717, 1.165) is 4.90 Å². The topological polar surface area (TPSA) is 78.5 Å². The molecule has 1 aromatic rings. The van der Waals surface area contributed by atoms with Crippen LogP contribution >= 0.6 is 0 Å². The average Bonchev–Trinajstić information content (AvgIpc) is 2.63. The summed E-state index contributed by atoms with van der Waals surface area (Å²) in [5.74, 6) is -1.69. The lowest BCUT2D eigenvalue weighted by Crippen LogP contribution is -2.47. The molecule has 1 aliphatic heterocycles. The molecule has 3 amide bonds. The normalized spacial score (nSPS) is 18.8. The van der Waals surface area contributed by atoms with Gasteiger partial charge in [0.2, 0.25) is 11.8 Å². The molecule has 0 radical (unpaired) electrons. The predicted molar refractivity (Wildman–Crippen MR) is 64.3 cm³/mol. The largest absolute Gasteiger partial charge is 0.291 e. The molecule has 0 aliphatic carbocycles. The molecule has 1 saturated heterocycles. The second-order valence-electron chi connectivity index (χ2n) is 4.13. The molecule has 100 valence electrons. The Hall–Kier alpha value is -2.28. The first-order valence-electron chi connectivity index (χ1n) is 5.63. The maximum atomic E-state index is 12.8. The second kappa shape index (κ2) is 5.15. The highest BCUT2D eigenvalue weighted by Gasteiger charge is 2.39. The van der Waals surface area contributed by atoms with Crippen molar-refractivity contribution in [2.75, 3.05) is 4.90 Å². The second-order valence-corrected chi connectivity index (χ2v) is 4.13. The number of nitrogens with zero attached hydrogens (tertiary/aromatic N) is 1. The van der Waals surface area contributed by atoms with E-state index in [-0.39, 0.29) is 12.3 Å². The number of halogens is 1. The molecule has 1 atom stereocenters. The number of imide groups is 1. The molecule has 1 aliphatic rings. The van der Waals surface area contributed by atoms with Crippen molar-refractivity contribution in [1.29, 1.82) is 0 Å². The molecule has 1 unspecified atom stereocenters. The van der Waals surface area contributed by atoms with Crippen LogP contribution in [0.25, 0.3) is 0 Å². The Kier molecular flexibility index (Phi) is 3.57. The fraction of sp³-hybridized carbons (Fsp3) is 0.250. The fourth-order valence-corrected chi connectivity index (χ4v) is 1.79. The number of carbonyl (C=O) groups excluding carboxylic acids is 3. The molecular weight excluding hydrogens is 253 g/mol. The maximum Gasteiger partial charge on any atom is 0.253 e. The molecule has 6 nitrogen and oxygen atoms in total. The first-order chi connectivity index (χ1) is 8.99. The van der Waals surface area contributed by atoms with E-state index in [9.17, 15) is 18.8 Å². The Balaban J connectivity index is 2.14. The highest BCUT2D eigenvalue weighted by atomic mass is 19.1. The van der Waals surface area contributed by atoms with E-state index in [4.69, 9.17) is 0 Å². The maximum absolute atomic E-state index is 12.8. The van der Waals surface area contributed by atoms with Crippen LogP contribution in [0.5, 0.6) is 0 Å².